The second-order valence-electron chi connectivity index (χ2n) is 6.49. The van der Waals surface area contributed by atoms with Gasteiger partial charge in [0.25, 0.3) is 0 Å². The predicted molar refractivity (Wildman–Crippen MR) is 91.0 cm³/mol. The summed E-state index contributed by atoms with van der Waals surface area (Å²) in [7, 11) is 1.83. The second kappa shape index (κ2) is 8.20. The van der Waals surface area contributed by atoms with Crippen LogP contribution in [0.3, 0.4) is 0 Å². The molecule has 1 saturated heterocycles. The van der Waals surface area contributed by atoms with Gasteiger partial charge >= 0.3 is 6.03 Å². The van der Waals surface area contributed by atoms with Gasteiger partial charge in [0, 0.05) is 26.1 Å². The van der Waals surface area contributed by atoms with Gasteiger partial charge in [0.2, 0.25) is 0 Å². The van der Waals surface area contributed by atoms with E-state index in [1.54, 1.807) is 4.90 Å². The first-order valence-corrected chi connectivity index (χ1v) is 8.25. The first-order chi connectivity index (χ1) is 11.0. The van der Waals surface area contributed by atoms with Gasteiger partial charge in [-0.15, -0.1) is 0 Å². The number of para-hydroxylation sites is 1. The summed E-state index contributed by atoms with van der Waals surface area (Å²) >= 11 is 0. The minimum Gasteiger partial charge on any atom is -0.491 e. The fourth-order valence-electron chi connectivity index (χ4n) is 2.80. The fourth-order valence-corrected chi connectivity index (χ4v) is 2.80. The molecule has 2 atom stereocenters. The van der Waals surface area contributed by atoms with Crippen molar-refractivity contribution in [2.24, 2.45) is 5.92 Å². The van der Waals surface area contributed by atoms with Crippen LogP contribution in [0.1, 0.15) is 24.5 Å². The molecule has 0 saturated carbocycles. The van der Waals surface area contributed by atoms with Gasteiger partial charge in [-0.05, 0) is 38.3 Å². The molecular formula is C18H28N2O3. The number of carbonyl (C=O) groups is 1. The van der Waals surface area contributed by atoms with Crippen molar-refractivity contribution in [1.82, 2.24) is 10.2 Å². The molecule has 1 aliphatic heterocycles. The maximum Gasteiger partial charge on any atom is 0.317 e. The Morgan fingerprint density at radius 2 is 2.13 bits per heavy atom. The maximum atomic E-state index is 12.2. The van der Waals surface area contributed by atoms with Crippen LogP contribution in [0.2, 0.25) is 0 Å². The van der Waals surface area contributed by atoms with Crippen molar-refractivity contribution in [3.05, 3.63) is 29.3 Å². The van der Waals surface area contributed by atoms with Gasteiger partial charge in [-0.2, -0.15) is 0 Å². The lowest BCUT2D eigenvalue weighted by atomic mass is 10.1. The number of amides is 2. The highest BCUT2D eigenvalue weighted by Gasteiger charge is 2.21. The number of aryl methyl sites for hydroxylation is 2. The minimum absolute atomic E-state index is 0.0521. The van der Waals surface area contributed by atoms with E-state index in [0.717, 1.165) is 43.1 Å². The van der Waals surface area contributed by atoms with Crippen molar-refractivity contribution < 1.29 is 14.3 Å². The van der Waals surface area contributed by atoms with Crippen molar-refractivity contribution in [3.8, 4) is 5.75 Å². The number of rotatable bonds is 6. The third kappa shape index (κ3) is 5.13. The van der Waals surface area contributed by atoms with Gasteiger partial charge in [-0.25, -0.2) is 4.79 Å². The van der Waals surface area contributed by atoms with Crippen LogP contribution in [0.5, 0.6) is 5.75 Å². The van der Waals surface area contributed by atoms with E-state index in [4.69, 9.17) is 9.47 Å². The summed E-state index contributed by atoms with van der Waals surface area (Å²) in [6, 6.07) is 5.97. The summed E-state index contributed by atoms with van der Waals surface area (Å²) in [5.74, 6) is 1.36. The lowest BCUT2D eigenvalue weighted by Crippen LogP contribution is -2.45. The van der Waals surface area contributed by atoms with Crippen molar-refractivity contribution in [3.63, 3.8) is 0 Å². The summed E-state index contributed by atoms with van der Waals surface area (Å²) in [5, 5.41) is 2.98. The maximum absolute atomic E-state index is 12.2. The number of nitrogens with one attached hydrogen (secondary N) is 1. The van der Waals surface area contributed by atoms with Crippen molar-refractivity contribution in [2.45, 2.75) is 33.2 Å². The number of nitrogens with zero attached hydrogens (tertiary/aromatic N) is 1. The van der Waals surface area contributed by atoms with E-state index in [2.05, 4.69) is 5.32 Å². The molecule has 23 heavy (non-hydrogen) atoms. The quantitative estimate of drug-likeness (QED) is 0.877. The molecular weight excluding hydrogens is 292 g/mol. The third-order valence-electron chi connectivity index (χ3n) is 4.16. The predicted octanol–water partition coefficient (Wildman–Crippen LogP) is 2.75. The molecule has 5 heteroatoms. The molecule has 0 radical (unpaired) electrons. The van der Waals surface area contributed by atoms with E-state index in [-0.39, 0.29) is 12.1 Å². The Morgan fingerprint density at radius 3 is 2.74 bits per heavy atom. The Labute approximate surface area is 139 Å². The van der Waals surface area contributed by atoms with Gasteiger partial charge in [0.05, 0.1) is 12.6 Å². The number of ether oxygens (including phenoxy) is 2. The molecule has 1 aliphatic rings. The van der Waals surface area contributed by atoms with E-state index in [9.17, 15) is 4.79 Å². The topological polar surface area (TPSA) is 50.8 Å². The van der Waals surface area contributed by atoms with Gasteiger partial charge < -0.3 is 19.7 Å². The van der Waals surface area contributed by atoms with Crippen LogP contribution in [0, 0.1) is 19.8 Å². The Hall–Kier alpha value is -1.75. The van der Waals surface area contributed by atoms with Gasteiger partial charge in [-0.3, -0.25) is 0 Å². The van der Waals surface area contributed by atoms with Crippen LogP contribution in [-0.4, -0.2) is 50.4 Å². The van der Waals surface area contributed by atoms with Crippen molar-refractivity contribution in [2.75, 3.05) is 33.4 Å². The Balaban J connectivity index is 1.77. The van der Waals surface area contributed by atoms with Crippen LogP contribution in [0.25, 0.3) is 0 Å². The van der Waals surface area contributed by atoms with E-state index in [1.807, 2.05) is 46.0 Å². The van der Waals surface area contributed by atoms with E-state index in [0.29, 0.717) is 12.5 Å². The molecule has 0 unspecified atom stereocenters. The van der Waals surface area contributed by atoms with Crippen molar-refractivity contribution in [1.29, 1.82) is 0 Å². The van der Waals surface area contributed by atoms with E-state index >= 15 is 0 Å². The average Bonchev–Trinajstić information content (AvgIpc) is 2.99. The molecule has 0 aromatic heterocycles. The van der Waals surface area contributed by atoms with E-state index < -0.39 is 0 Å². The molecule has 0 bridgehead atoms. The summed E-state index contributed by atoms with van der Waals surface area (Å²) < 4.78 is 11.2. The van der Waals surface area contributed by atoms with Crippen LogP contribution in [0.4, 0.5) is 4.79 Å². The molecule has 2 amide bonds. The molecule has 1 aromatic carbocycles. The lowest BCUT2D eigenvalue weighted by molar-refractivity contribution is 0.168. The molecule has 5 nitrogen and oxygen atoms in total. The molecule has 1 fully saturated rings. The SMILES string of the molecule is Cc1cccc(C)c1OC[C@H](C)NC(=O)N(C)C[C@@H]1CCOC1. The van der Waals surface area contributed by atoms with Gasteiger partial charge in [0.1, 0.15) is 12.4 Å². The highest BCUT2D eigenvalue weighted by Crippen LogP contribution is 2.22. The average molecular weight is 320 g/mol. The normalized spacial score (nSPS) is 18.5. The van der Waals surface area contributed by atoms with Gasteiger partial charge in [-0.1, -0.05) is 18.2 Å². The Kier molecular flexibility index (Phi) is 6.28. The zero-order valence-corrected chi connectivity index (χ0v) is 14.6. The smallest absolute Gasteiger partial charge is 0.317 e. The first-order valence-electron chi connectivity index (χ1n) is 8.25. The fraction of sp³-hybridized carbons (Fsp3) is 0.611. The zero-order valence-electron chi connectivity index (χ0n) is 14.6. The van der Waals surface area contributed by atoms with Crippen molar-refractivity contribution >= 4 is 6.03 Å². The standard InChI is InChI=1S/C18H28N2O3/c1-13-6-5-7-14(2)17(13)23-11-15(3)19-18(21)20(4)10-16-8-9-22-12-16/h5-7,15-16H,8-12H2,1-4H3,(H,19,21)/t15-,16-/m0/s1. The minimum atomic E-state index is -0.0606. The first kappa shape index (κ1) is 17.6. The Bertz CT molecular complexity index is 507. The second-order valence-corrected chi connectivity index (χ2v) is 6.49. The number of carbonyl (C=O) groups excluding carboxylic acids is 1. The third-order valence-corrected chi connectivity index (χ3v) is 4.16. The highest BCUT2D eigenvalue weighted by atomic mass is 16.5. The monoisotopic (exact) mass is 320 g/mol. The summed E-state index contributed by atoms with van der Waals surface area (Å²) in [5.41, 5.74) is 2.23. The van der Waals surface area contributed by atoms with Gasteiger partial charge in [0.15, 0.2) is 0 Å². The molecule has 0 aliphatic carbocycles. The van der Waals surface area contributed by atoms with Crippen LogP contribution in [0.15, 0.2) is 18.2 Å². The number of benzene rings is 1. The van der Waals surface area contributed by atoms with Crippen LogP contribution < -0.4 is 10.1 Å². The summed E-state index contributed by atoms with van der Waals surface area (Å²) in [6.07, 6.45) is 1.03. The summed E-state index contributed by atoms with van der Waals surface area (Å²) in [6.45, 7) is 8.77. The molecule has 1 N–H and O–H groups in total. The Morgan fingerprint density at radius 1 is 1.43 bits per heavy atom. The molecule has 1 aromatic rings. The molecule has 1 heterocycles. The largest absolute Gasteiger partial charge is 0.491 e. The van der Waals surface area contributed by atoms with Crippen LogP contribution >= 0.6 is 0 Å². The molecule has 2 rings (SSSR count). The number of hydrogen-bond acceptors (Lipinski definition) is 3. The number of urea groups is 1. The summed E-state index contributed by atoms with van der Waals surface area (Å²) in [4.78, 5) is 13.9. The number of hydrogen-bond donors (Lipinski definition) is 1. The molecule has 128 valence electrons. The lowest BCUT2D eigenvalue weighted by Gasteiger charge is -2.24. The van der Waals surface area contributed by atoms with E-state index in [1.165, 1.54) is 0 Å². The van der Waals surface area contributed by atoms with Crippen LogP contribution in [-0.2, 0) is 4.74 Å². The molecule has 0 spiro atoms. The highest BCUT2D eigenvalue weighted by molar-refractivity contribution is 5.74. The zero-order chi connectivity index (χ0) is 16.8.